The summed E-state index contributed by atoms with van der Waals surface area (Å²) in [6.45, 7) is 13.8. The molecular formula is C28H48N2O4SSi. The van der Waals surface area contributed by atoms with Crippen LogP contribution in [0.25, 0.3) is 0 Å². The topological polar surface area (TPSA) is 76.7 Å². The van der Waals surface area contributed by atoms with Gasteiger partial charge in [-0.1, -0.05) is 64.4 Å². The van der Waals surface area contributed by atoms with Crippen molar-refractivity contribution in [3.05, 3.63) is 35.9 Å². The first-order valence-corrected chi connectivity index (χ1v) is 17.7. The van der Waals surface area contributed by atoms with E-state index < -0.39 is 20.5 Å². The molecule has 0 saturated heterocycles. The number of carbonyl (C=O) groups is 2. The monoisotopic (exact) mass is 536 g/mol. The van der Waals surface area contributed by atoms with E-state index in [0.717, 1.165) is 43.4 Å². The predicted molar refractivity (Wildman–Crippen MR) is 153 cm³/mol. The van der Waals surface area contributed by atoms with E-state index in [0.29, 0.717) is 12.3 Å². The fraction of sp³-hybridized carbons (Fsp3) is 0.714. The number of hydrogen-bond donors (Lipinski definition) is 2. The van der Waals surface area contributed by atoms with Gasteiger partial charge in [-0.05, 0) is 73.7 Å². The number of nitrogens with one attached hydrogen (secondary N) is 2. The third-order valence-corrected chi connectivity index (χ3v) is 12.8. The van der Waals surface area contributed by atoms with Crippen LogP contribution in [0.5, 0.6) is 0 Å². The largest absolute Gasteiger partial charge is 0.445 e. The molecule has 1 aliphatic carbocycles. The first kappa shape index (κ1) is 30.7. The Morgan fingerprint density at radius 3 is 2.47 bits per heavy atom. The van der Waals surface area contributed by atoms with Crippen LogP contribution in [0.2, 0.25) is 18.1 Å². The summed E-state index contributed by atoms with van der Waals surface area (Å²) in [5.74, 6) is 1.05. The van der Waals surface area contributed by atoms with Crippen LogP contribution in [-0.2, 0) is 20.6 Å². The van der Waals surface area contributed by atoms with E-state index >= 15 is 0 Å². The second-order valence-electron chi connectivity index (χ2n) is 11.5. The highest BCUT2D eigenvalue weighted by Crippen LogP contribution is 2.40. The summed E-state index contributed by atoms with van der Waals surface area (Å²) in [6, 6.07) is 9.05. The smallest absolute Gasteiger partial charge is 0.408 e. The van der Waals surface area contributed by atoms with Crippen molar-refractivity contribution in [1.82, 2.24) is 10.6 Å². The number of rotatable bonds is 12. The molecule has 1 aromatic carbocycles. The van der Waals surface area contributed by atoms with Gasteiger partial charge in [0, 0.05) is 12.1 Å². The Bertz CT molecular complexity index is 816. The standard InChI is InChI=1S/C28H48N2O4SSi/c1-8-12-22-19-23(34-36(6,7)28(2,3)4)15-16-24(22)29-26(31)25(17-18-35-5)30-27(32)33-20-21-13-10-9-11-14-21/h9-11,13-14,22-25H,8,12,15-20H2,1-7H3,(H,29,31)(H,30,32)/t22-,23-,24+,25+/m1/s1. The van der Waals surface area contributed by atoms with Gasteiger partial charge in [0.05, 0.1) is 0 Å². The molecule has 8 heteroatoms. The van der Waals surface area contributed by atoms with Crippen LogP contribution in [0.3, 0.4) is 0 Å². The van der Waals surface area contributed by atoms with E-state index in [-0.39, 0.29) is 29.7 Å². The van der Waals surface area contributed by atoms with Gasteiger partial charge in [0.25, 0.3) is 0 Å². The van der Waals surface area contributed by atoms with Gasteiger partial charge in [-0.25, -0.2) is 4.79 Å². The summed E-state index contributed by atoms with van der Waals surface area (Å²) in [5, 5.41) is 6.29. The Morgan fingerprint density at radius 1 is 1.17 bits per heavy atom. The number of alkyl carbamates (subject to hydrolysis) is 1. The van der Waals surface area contributed by atoms with Gasteiger partial charge in [-0.2, -0.15) is 11.8 Å². The van der Waals surface area contributed by atoms with Gasteiger partial charge in [0.1, 0.15) is 12.6 Å². The van der Waals surface area contributed by atoms with Crippen molar-refractivity contribution in [2.75, 3.05) is 12.0 Å². The minimum absolute atomic E-state index is 0.107. The van der Waals surface area contributed by atoms with Crippen molar-refractivity contribution in [3.63, 3.8) is 0 Å². The summed E-state index contributed by atoms with van der Waals surface area (Å²) < 4.78 is 12.1. The molecule has 0 heterocycles. The Morgan fingerprint density at radius 2 is 1.86 bits per heavy atom. The van der Waals surface area contributed by atoms with Crippen LogP contribution in [0.1, 0.15) is 71.8 Å². The highest BCUT2D eigenvalue weighted by molar-refractivity contribution is 7.98. The maximum absolute atomic E-state index is 13.3. The van der Waals surface area contributed by atoms with Crippen molar-refractivity contribution in [2.24, 2.45) is 5.92 Å². The molecule has 36 heavy (non-hydrogen) atoms. The summed E-state index contributed by atoms with van der Waals surface area (Å²) in [5.41, 5.74) is 0.914. The highest BCUT2D eigenvalue weighted by atomic mass is 32.2. The van der Waals surface area contributed by atoms with Crippen molar-refractivity contribution in [3.8, 4) is 0 Å². The van der Waals surface area contributed by atoms with E-state index in [1.165, 1.54) is 0 Å². The zero-order chi connectivity index (χ0) is 26.8. The van der Waals surface area contributed by atoms with Crippen LogP contribution < -0.4 is 10.6 Å². The van der Waals surface area contributed by atoms with Crippen LogP contribution in [0.15, 0.2) is 30.3 Å². The Kier molecular flexibility index (Phi) is 12.3. The van der Waals surface area contributed by atoms with E-state index in [2.05, 4.69) is 51.4 Å². The fourth-order valence-corrected chi connectivity index (χ4v) is 6.37. The summed E-state index contributed by atoms with van der Waals surface area (Å²) in [7, 11) is -1.83. The average molecular weight is 537 g/mol. The first-order chi connectivity index (χ1) is 17.0. The van der Waals surface area contributed by atoms with Gasteiger partial charge in [-0.15, -0.1) is 0 Å². The van der Waals surface area contributed by atoms with Crippen molar-refractivity contribution in [2.45, 2.75) is 109 Å². The lowest BCUT2D eigenvalue weighted by Crippen LogP contribution is -2.54. The molecule has 0 aromatic heterocycles. The normalized spacial score (nSPS) is 21.5. The fourth-order valence-electron chi connectivity index (χ4n) is 4.50. The van der Waals surface area contributed by atoms with E-state index in [1.54, 1.807) is 11.8 Å². The molecule has 0 radical (unpaired) electrons. The molecule has 0 spiro atoms. The van der Waals surface area contributed by atoms with Gasteiger partial charge < -0.3 is 19.8 Å². The van der Waals surface area contributed by atoms with Crippen LogP contribution in [0, 0.1) is 5.92 Å². The third-order valence-electron chi connectivity index (χ3n) is 7.62. The molecule has 6 nitrogen and oxygen atoms in total. The molecule has 2 amide bonds. The number of carbonyl (C=O) groups excluding carboxylic acids is 2. The van der Waals surface area contributed by atoms with Crippen molar-refractivity contribution in [1.29, 1.82) is 0 Å². The lowest BCUT2D eigenvalue weighted by atomic mass is 9.80. The lowest BCUT2D eigenvalue weighted by Gasteiger charge is -2.43. The Labute approximate surface area is 224 Å². The molecule has 1 saturated carbocycles. The molecule has 0 unspecified atom stereocenters. The molecule has 4 atom stereocenters. The lowest BCUT2D eigenvalue weighted by molar-refractivity contribution is -0.124. The molecule has 204 valence electrons. The van der Waals surface area contributed by atoms with E-state index in [4.69, 9.17) is 9.16 Å². The van der Waals surface area contributed by atoms with Crippen molar-refractivity contribution < 1.29 is 18.8 Å². The maximum Gasteiger partial charge on any atom is 0.408 e. The van der Waals surface area contributed by atoms with E-state index in [1.807, 2.05) is 36.6 Å². The third kappa shape index (κ3) is 9.75. The molecule has 1 aliphatic rings. The Balaban J connectivity index is 1.97. The molecule has 0 bridgehead atoms. The molecule has 1 aromatic rings. The van der Waals surface area contributed by atoms with Gasteiger partial charge in [-0.3, -0.25) is 4.79 Å². The summed E-state index contributed by atoms with van der Waals surface area (Å²) in [6.07, 6.45) is 7.25. The minimum Gasteiger partial charge on any atom is -0.445 e. The predicted octanol–water partition coefficient (Wildman–Crippen LogP) is 6.51. The summed E-state index contributed by atoms with van der Waals surface area (Å²) in [4.78, 5) is 25.8. The van der Waals surface area contributed by atoms with Crippen LogP contribution in [-0.4, -0.2) is 50.5 Å². The average Bonchev–Trinajstić information content (AvgIpc) is 2.82. The number of thioether (sulfide) groups is 1. The number of ether oxygens (including phenoxy) is 1. The highest BCUT2D eigenvalue weighted by Gasteiger charge is 2.41. The second-order valence-corrected chi connectivity index (χ2v) is 17.3. The van der Waals surface area contributed by atoms with Crippen LogP contribution in [0.4, 0.5) is 4.79 Å². The quantitative estimate of drug-likeness (QED) is 0.298. The number of amides is 2. The second kappa shape index (κ2) is 14.4. The zero-order valence-electron chi connectivity index (χ0n) is 23.4. The zero-order valence-corrected chi connectivity index (χ0v) is 25.2. The van der Waals surface area contributed by atoms with Gasteiger partial charge >= 0.3 is 6.09 Å². The number of benzene rings is 1. The summed E-state index contributed by atoms with van der Waals surface area (Å²) >= 11 is 1.66. The van der Waals surface area contributed by atoms with E-state index in [9.17, 15) is 9.59 Å². The SMILES string of the molecule is CCC[C@@H]1C[C@H](O[Si](C)(C)C(C)(C)C)CC[C@@H]1NC(=O)[C@H](CCSC)NC(=O)OCc1ccccc1. The van der Waals surface area contributed by atoms with Gasteiger partial charge in [0.2, 0.25) is 5.91 Å². The van der Waals surface area contributed by atoms with Crippen molar-refractivity contribution >= 4 is 32.1 Å². The Hall–Kier alpha value is -1.51. The van der Waals surface area contributed by atoms with Gasteiger partial charge in [0.15, 0.2) is 8.32 Å². The molecule has 1 fully saturated rings. The molecule has 2 N–H and O–H groups in total. The molecule has 2 rings (SSSR count). The van der Waals surface area contributed by atoms with Crippen LogP contribution >= 0.6 is 11.8 Å². The number of hydrogen-bond acceptors (Lipinski definition) is 5. The molecule has 0 aliphatic heterocycles. The maximum atomic E-state index is 13.3. The minimum atomic E-state index is -1.83. The molecular weight excluding hydrogens is 488 g/mol. The first-order valence-electron chi connectivity index (χ1n) is 13.4.